The number of amides is 1. The molecule has 1 aromatic heterocycles. The maximum absolute atomic E-state index is 12.9. The van der Waals surface area contributed by atoms with Crippen molar-refractivity contribution in [3.05, 3.63) is 17.0 Å². The fourth-order valence-electron chi connectivity index (χ4n) is 5.37. The van der Waals surface area contributed by atoms with Gasteiger partial charge in [0, 0.05) is 50.2 Å². The van der Waals surface area contributed by atoms with E-state index >= 15 is 0 Å². The van der Waals surface area contributed by atoms with Crippen LogP contribution in [-0.2, 0) is 21.2 Å². The minimum atomic E-state index is -3.39. The second-order valence-corrected chi connectivity index (χ2v) is 13.0. The Hall–Kier alpha value is -0.960. The van der Waals surface area contributed by atoms with Gasteiger partial charge < -0.3 is 9.80 Å². The van der Waals surface area contributed by atoms with Gasteiger partial charge in [0.25, 0.3) is 10.0 Å². The molecule has 0 N–H and O–H groups in total. The molecule has 1 aliphatic carbocycles. The Kier molecular flexibility index (Phi) is 7.41. The van der Waals surface area contributed by atoms with Gasteiger partial charge in [-0.25, -0.2) is 8.42 Å². The lowest BCUT2D eigenvalue weighted by atomic mass is 9.85. The zero-order valence-corrected chi connectivity index (χ0v) is 20.6. The largest absolute Gasteiger partial charge is 0.342 e. The number of nitrogens with zero attached hydrogens (tertiary/aromatic N) is 3. The van der Waals surface area contributed by atoms with Gasteiger partial charge in [0.2, 0.25) is 5.91 Å². The molecule has 0 bridgehead atoms. The molecule has 1 aromatic rings. The van der Waals surface area contributed by atoms with E-state index in [0.717, 1.165) is 55.6 Å². The van der Waals surface area contributed by atoms with Crippen LogP contribution in [0.2, 0.25) is 0 Å². The summed E-state index contributed by atoms with van der Waals surface area (Å²) < 4.78 is 27.4. The molecule has 2 saturated heterocycles. The molecule has 0 aromatic carbocycles. The molecular formula is C23H37N3O3S2. The molecular weight excluding hydrogens is 430 g/mol. The first-order valence-corrected chi connectivity index (χ1v) is 14.2. The lowest BCUT2D eigenvalue weighted by molar-refractivity contribution is -0.132. The van der Waals surface area contributed by atoms with Gasteiger partial charge >= 0.3 is 0 Å². The molecule has 0 unspecified atom stereocenters. The first-order valence-electron chi connectivity index (χ1n) is 11.9. The number of carbonyl (C=O) groups excluding carboxylic acids is 1. The Morgan fingerprint density at radius 2 is 1.68 bits per heavy atom. The van der Waals surface area contributed by atoms with Crippen molar-refractivity contribution in [1.82, 2.24) is 14.1 Å². The highest BCUT2D eigenvalue weighted by molar-refractivity contribution is 7.91. The molecule has 0 radical (unpaired) electrons. The summed E-state index contributed by atoms with van der Waals surface area (Å²) in [7, 11) is -1.48. The van der Waals surface area contributed by atoms with Crippen LogP contribution in [0.3, 0.4) is 0 Å². The van der Waals surface area contributed by atoms with Crippen molar-refractivity contribution in [3.8, 4) is 0 Å². The number of hydrogen-bond donors (Lipinski definition) is 0. The van der Waals surface area contributed by atoms with Crippen LogP contribution in [0.15, 0.2) is 16.3 Å². The molecule has 3 fully saturated rings. The van der Waals surface area contributed by atoms with Crippen molar-refractivity contribution in [3.63, 3.8) is 0 Å². The maximum atomic E-state index is 12.9. The number of carbonyl (C=O) groups is 1. The Labute approximate surface area is 191 Å². The molecule has 31 heavy (non-hydrogen) atoms. The van der Waals surface area contributed by atoms with Gasteiger partial charge in [-0.15, -0.1) is 11.3 Å². The first-order chi connectivity index (χ1) is 14.8. The Balaban J connectivity index is 1.28. The number of likely N-dealkylation sites (N-methyl/N-ethyl adjacent to an activating group) is 1. The molecule has 3 heterocycles. The molecule has 1 saturated carbocycles. The van der Waals surface area contributed by atoms with Crippen LogP contribution in [0.25, 0.3) is 0 Å². The third-order valence-electron chi connectivity index (χ3n) is 7.56. The van der Waals surface area contributed by atoms with Gasteiger partial charge in [-0.2, -0.15) is 4.31 Å². The van der Waals surface area contributed by atoms with Gasteiger partial charge in [-0.05, 0) is 69.4 Å². The smallest absolute Gasteiger partial charge is 0.252 e. The number of piperidine rings is 1. The number of thiophene rings is 1. The van der Waals surface area contributed by atoms with Crippen molar-refractivity contribution >= 4 is 27.3 Å². The SMILES string of the molecule is CC1CCC(N2CCC(N(C)C(=O)Cc3ccc(S(=O)(=O)N4CCCC4)s3)CC2)CC1. The van der Waals surface area contributed by atoms with Gasteiger partial charge in [0.15, 0.2) is 0 Å². The maximum Gasteiger partial charge on any atom is 0.252 e. The fraction of sp³-hybridized carbons (Fsp3) is 0.783. The number of rotatable bonds is 6. The molecule has 4 rings (SSSR count). The molecule has 0 spiro atoms. The number of likely N-dealkylation sites (tertiary alicyclic amines) is 1. The van der Waals surface area contributed by atoms with Crippen LogP contribution in [0.1, 0.15) is 63.2 Å². The second-order valence-electron chi connectivity index (χ2n) is 9.69. The van der Waals surface area contributed by atoms with E-state index in [1.165, 1.54) is 37.0 Å². The minimum absolute atomic E-state index is 0.0944. The molecule has 8 heteroatoms. The van der Waals surface area contributed by atoms with Crippen molar-refractivity contribution in [2.75, 3.05) is 33.2 Å². The minimum Gasteiger partial charge on any atom is -0.342 e. The number of sulfonamides is 1. The average molecular weight is 468 g/mol. The fourth-order valence-corrected chi connectivity index (χ4v) is 8.39. The normalized spacial score (nSPS) is 26.9. The quantitative estimate of drug-likeness (QED) is 0.642. The third-order valence-corrected chi connectivity index (χ3v) is 11.0. The molecule has 3 aliphatic rings. The van der Waals surface area contributed by atoms with Crippen LogP contribution in [0.4, 0.5) is 0 Å². The predicted octanol–water partition coefficient (Wildman–Crippen LogP) is 3.58. The van der Waals surface area contributed by atoms with Crippen LogP contribution in [0, 0.1) is 5.92 Å². The summed E-state index contributed by atoms with van der Waals surface area (Å²) in [5.41, 5.74) is 0. The van der Waals surface area contributed by atoms with E-state index in [2.05, 4.69) is 11.8 Å². The van der Waals surface area contributed by atoms with E-state index in [0.29, 0.717) is 23.3 Å². The summed E-state index contributed by atoms with van der Waals surface area (Å²) in [6.45, 7) is 5.74. The Morgan fingerprint density at radius 1 is 1.03 bits per heavy atom. The summed E-state index contributed by atoms with van der Waals surface area (Å²) in [5.74, 6) is 0.970. The van der Waals surface area contributed by atoms with Crippen molar-refractivity contribution < 1.29 is 13.2 Å². The molecule has 174 valence electrons. The van der Waals surface area contributed by atoms with Crippen LogP contribution in [-0.4, -0.2) is 73.7 Å². The summed E-state index contributed by atoms with van der Waals surface area (Å²) in [4.78, 5) is 18.3. The third kappa shape index (κ3) is 5.34. The Bertz CT molecular complexity index is 847. The topological polar surface area (TPSA) is 60.9 Å². The van der Waals surface area contributed by atoms with Crippen molar-refractivity contribution in [2.45, 2.75) is 81.0 Å². The first kappa shape index (κ1) is 23.2. The van der Waals surface area contributed by atoms with Crippen LogP contribution < -0.4 is 0 Å². The zero-order chi connectivity index (χ0) is 22.0. The molecule has 2 aliphatic heterocycles. The number of hydrogen-bond acceptors (Lipinski definition) is 5. The van der Waals surface area contributed by atoms with Crippen molar-refractivity contribution in [1.29, 1.82) is 0 Å². The van der Waals surface area contributed by atoms with Crippen LogP contribution >= 0.6 is 11.3 Å². The van der Waals surface area contributed by atoms with E-state index in [4.69, 9.17) is 0 Å². The van der Waals surface area contributed by atoms with Gasteiger partial charge in [0.05, 0.1) is 6.42 Å². The van der Waals surface area contributed by atoms with Gasteiger partial charge in [0.1, 0.15) is 4.21 Å². The second kappa shape index (κ2) is 9.89. The van der Waals surface area contributed by atoms with E-state index < -0.39 is 10.0 Å². The zero-order valence-electron chi connectivity index (χ0n) is 19.0. The lowest BCUT2D eigenvalue weighted by Crippen LogP contribution is -2.49. The van der Waals surface area contributed by atoms with E-state index in [9.17, 15) is 13.2 Å². The highest BCUT2D eigenvalue weighted by atomic mass is 32.2. The Morgan fingerprint density at radius 3 is 2.32 bits per heavy atom. The van der Waals surface area contributed by atoms with E-state index in [-0.39, 0.29) is 12.3 Å². The van der Waals surface area contributed by atoms with E-state index in [1.807, 2.05) is 18.0 Å². The predicted molar refractivity (Wildman–Crippen MR) is 125 cm³/mol. The highest BCUT2D eigenvalue weighted by Crippen LogP contribution is 2.30. The standard InChI is InChI=1S/C23H37N3O3S2/c1-18-5-7-20(8-6-18)25-15-11-19(12-16-25)24(2)22(27)17-21-9-10-23(30-21)31(28,29)26-13-3-4-14-26/h9-10,18-20H,3-8,11-17H2,1-2H3. The lowest BCUT2D eigenvalue weighted by Gasteiger charge is -2.42. The van der Waals surface area contributed by atoms with Crippen molar-refractivity contribution in [2.24, 2.45) is 5.92 Å². The monoisotopic (exact) mass is 467 g/mol. The molecule has 1 amide bonds. The van der Waals surface area contributed by atoms with E-state index in [1.54, 1.807) is 10.4 Å². The summed E-state index contributed by atoms with van der Waals surface area (Å²) in [6, 6.07) is 4.51. The van der Waals surface area contributed by atoms with Crippen LogP contribution in [0.5, 0.6) is 0 Å². The summed E-state index contributed by atoms with van der Waals surface area (Å²) in [5, 5.41) is 0. The average Bonchev–Trinajstić information content (AvgIpc) is 3.47. The molecule has 0 atom stereocenters. The summed E-state index contributed by atoms with van der Waals surface area (Å²) in [6.07, 6.45) is 9.55. The highest BCUT2D eigenvalue weighted by Gasteiger charge is 2.31. The summed E-state index contributed by atoms with van der Waals surface area (Å²) >= 11 is 1.25. The van der Waals surface area contributed by atoms with Gasteiger partial charge in [-0.1, -0.05) is 6.92 Å². The molecule has 6 nitrogen and oxygen atoms in total. The van der Waals surface area contributed by atoms with Gasteiger partial charge in [-0.3, -0.25) is 4.79 Å².